The zero-order chi connectivity index (χ0) is 42.7. The van der Waals surface area contributed by atoms with Crippen molar-refractivity contribution < 1.29 is 19.4 Å². The van der Waals surface area contributed by atoms with Gasteiger partial charge in [-0.15, -0.1) is 0 Å². The average molecular weight is 817 g/mol. The van der Waals surface area contributed by atoms with Crippen molar-refractivity contribution in [3.05, 3.63) is 24.3 Å². The third kappa shape index (κ3) is 52.4. The molecule has 0 rings (SSSR count). The summed E-state index contributed by atoms with van der Waals surface area (Å²) < 4.78 is 5.22. The highest BCUT2D eigenvalue weighted by atomic mass is 16.5. The largest absolute Gasteiger partial charge is 0.481 e. The van der Waals surface area contributed by atoms with Crippen LogP contribution in [-0.4, -0.2) is 23.7 Å². The normalized spacial score (nSPS) is 12.0. The quantitative estimate of drug-likeness (QED) is 0.0378. The molecule has 0 radical (unpaired) electrons. The second-order valence-corrected chi connectivity index (χ2v) is 17.6. The number of unbranched alkanes of at least 4 members (excludes halogenated alkanes) is 33. The van der Waals surface area contributed by atoms with Crippen LogP contribution >= 0.6 is 0 Å². The zero-order valence-electron chi connectivity index (χ0n) is 40.0. The van der Waals surface area contributed by atoms with Gasteiger partial charge >= 0.3 is 11.9 Å². The SMILES string of the molecule is CCCCCCCC/C=C\CCCCCCCCC(CCCCCC/C=C\CCCCCCCC)C(=O)O.CCCCCCCCCCCC(=O)OCCCCCC. The highest BCUT2D eigenvalue weighted by Crippen LogP contribution is 2.20. The summed E-state index contributed by atoms with van der Waals surface area (Å²) in [6.07, 6.45) is 61.8. The van der Waals surface area contributed by atoms with Crippen molar-refractivity contribution in [1.29, 1.82) is 0 Å². The van der Waals surface area contributed by atoms with Crippen molar-refractivity contribution in [2.45, 2.75) is 297 Å². The van der Waals surface area contributed by atoms with Crippen LogP contribution in [0.5, 0.6) is 0 Å². The van der Waals surface area contributed by atoms with E-state index in [0.29, 0.717) is 13.0 Å². The Kier molecular flexibility index (Phi) is 53.9. The fraction of sp³-hybridized carbons (Fsp3) is 0.889. The fourth-order valence-corrected chi connectivity index (χ4v) is 7.68. The summed E-state index contributed by atoms with van der Waals surface area (Å²) in [7, 11) is 0. The smallest absolute Gasteiger partial charge is 0.306 e. The number of carboxylic acids is 1. The molecule has 0 amide bonds. The van der Waals surface area contributed by atoms with E-state index in [2.05, 4.69) is 52.0 Å². The lowest BCUT2D eigenvalue weighted by atomic mass is 9.94. The minimum atomic E-state index is -0.574. The molecule has 0 heterocycles. The van der Waals surface area contributed by atoms with Gasteiger partial charge in [0.25, 0.3) is 0 Å². The van der Waals surface area contributed by atoms with Gasteiger partial charge in [0.2, 0.25) is 0 Å². The van der Waals surface area contributed by atoms with Crippen molar-refractivity contribution in [3.8, 4) is 0 Å². The zero-order valence-corrected chi connectivity index (χ0v) is 40.0. The number of carboxylic acid groups (broad SMARTS) is 1. The first-order valence-electron chi connectivity index (χ1n) is 26.2. The van der Waals surface area contributed by atoms with E-state index in [1.54, 1.807) is 0 Å². The van der Waals surface area contributed by atoms with Crippen LogP contribution in [-0.2, 0) is 14.3 Å². The minimum absolute atomic E-state index is 0.00412. The van der Waals surface area contributed by atoms with Gasteiger partial charge in [-0.1, -0.05) is 238 Å². The molecular formula is C54H104O4. The van der Waals surface area contributed by atoms with Crippen LogP contribution in [0.15, 0.2) is 24.3 Å². The molecule has 58 heavy (non-hydrogen) atoms. The van der Waals surface area contributed by atoms with Crippen LogP contribution in [0, 0.1) is 5.92 Å². The molecule has 0 bridgehead atoms. The molecular weight excluding hydrogens is 713 g/mol. The number of hydrogen-bond donors (Lipinski definition) is 1. The van der Waals surface area contributed by atoms with Gasteiger partial charge in [-0.25, -0.2) is 0 Å². The second-order valence-electron chi connectivity index (χ2n) is 17.6. The van der Waals surface area contributed by atoms with Crippen LogP contribution in [0.3, 0.4) is 0 Å². The maximum Gasteiger partial charge on any atom is 0.306 e. The van der Waals surface area contributed by atoms with Crippen molar-refractivity contribution in [1.82, 2.24) is 0 Å². The van der Waals surface area contributed by atoms with Gasteiger partial charge < -0.3 is 9.84 Å². The molecule has 1 N–H and O–H groups in total. The Morgan fingerprint density at radius 3 is 0.983 bits per heavy atom. The first kappa shape index (κ1) is 58.5. The molecule has 0 aromatic rings. The Balaban J connectivity index is 0. The molecule has 4 heteroatoms. The number of hydrogen-bond acceptors (Lipinski definition) is 3. The number of ether oxygens (including phenoxy) is 1. The summed E-state index contributed by atoms with van der Waals surface area (Å²) in [4.78, 5) is 23.1. The molecule has 1 atom stereocenters. The molecule has 0 aromatic heterocycles. The average Bonchev–Trinajstić information content (AvgIpc) is 3.22. The van der Waals surface area contributed by atoms with E-state index in [9.17, 15) is 14.7 Å². The third-order valence-electron chi connectivity index (χ3n) is 11.7. The standard InChI is InChI=1S/C36H68O2.C18H36O2/c1-3-5-7-9-11-13-15-17-19-20-22-24-26-28-30-32-34-35(36(37)38)33-31-29-27-25-23-21-18-16-14-12-10-8-6-4-2;1-3-5-7-9-10-11-12-13-14-16-18(19)20-17-15-8-6-4-2/h17-19,21,35H,3-16,20,22-34H2,1-2H3,(H,37,38);3-17H2,1-2H3/b19-17-,21-18-;. The Bertz CT molecular complexity index is 848. The Morgan fingerprint density at radius 1 is 0.379 bits per heavy atom. The monoisotopic (exact) mass is 817 g/mol. The van der Waals surface area contributed by atoms with E-state index < -0.39 is 5.97 Å². The van der Waals surface area contributed by atoms with E-state index in [0.717, 1.165) is 38.5 Å². The summed E-state index contributed by atoms with van der Waals surface area (Å²) in [5, 5.41) is 9.59. The highest BCUT2D eigenvalue weighted by molar-refractivity contribution is 5.70. The molecule has 0 aliphatic carbocycles. The number of esters is 1. The maximum atomic E-state index is 11.6. The molecule has 344 valence electrons. The first-order valence-corrected chi connectivity index (χ1v) is 26.2. The van der Waals surface area contributed by atoms with Crippen molar-refractivity contribution in [2.75, 3.05) is 6.61 Å². The van der Waals surface area contributed by atoms with Gasteiger partial charge in [-0.05, 0) is 77.0 Å². The third-order valence-corrected chi connectivity index (χ3v) is 11.7. The van der Waals surface area contributed by atoms with Crippen LogP contribution in [0.1, 0.15) is 297 Å². The summed E-state index contributed by atoms with van der Waals surface area (Å²) in [5.41, 5.74) is 0. The molecule has 0 saturated carbocycles. The predicted octanol–water partition coefficient (Wildman–Crippen LogP) is 18.8. The summed E-state index contributed by atoms with van der Waals surface area (Å²) in [6.45, 7) is 9.61. The van der Waals surface area contributed by atoms with Gasteiger partial charge in [0.15, 0.2) is 0 Å². The second kappa shape index (κ2) is 53.4. The van der Waals surface area contributed by atoms with E-state index in [4.69, 9.17) is 4.74 Å². The lowest BCUT2D eigenvalue weighted by Gasteiger charge is -2.12. The molecule has 0 aromatic carbocycles. The van der Waals surface area contributed by atoms with Crippen molar-refractivity contribution in [3.63, 3.8) is 0 Å². The van der Waals surface area contributed by atoms with Gasteiger partial charge in [0.05, 0.1) is 12.5 Å². The molecule has 0 aliphatic heterocycles. The van der Waals surface area contributed by atoms with Gasteiger partial charge in [0.1, 0.15) is 0 Å². The maximum absolute atomic E-state index is 11.6. The van der Waals surface area contributed by atoms with E-state index >= 15 is 0 Å². The molecule has 1 unspecified atom stereocenters. The number of allylic oxidation sites excluding steroid dienone is 4. The Morgan fingerprint density at radius 2 is 0.655 bits per heavy atom. The number of aliphatic carboxylic acids is 1. The molecule has 0 spiro atoms. The van der Waals surface area contributed by atoms with Gasteiger partial charge in [-0.3, -0.25) is 9.59 Å². The minimum Gasteiger partial charge on any atom is -0.481 e. The summed E-state index contributed by atoms with van der Waals surface area (Å²) in [5.74, 6) is -0.691. The highest BCUT2D eigenvalue weighted by Gasteiger charge is 2.16. The van der Waals surface area contributed by atoms with E-state index in [1.807, 2.05) is 0 Å². The lowest BCUT2D eigenvalue weighted by molar-refractivity contribution is -0.144. The van der Waals surface area contributed by atoms with Crippen molar-refractivity contribution in [2.24, 2.45) is 5.92 Å². The van der Waals surface area contributed by atoms with Crippen LogP contribution in [0.4, 0.5) is 0 Å². The van der Waals surface area contributed by atoms with Gasteiger partial charge in [-0.2, -0.15) is 0 Å². The molecule has 0 fully saturated rings. The Hall–Kier alpha value is -1.58. The molecule has 0 saturated heterocycles. The van der Waals surface area contributed by atoms with Crippen LogP contribution < -0.4 is 0 Å². The van der Waals surface area contributed by atoms with Gasteiger partial charge in [0, 0.05) is 6.42 Å². The van der Waals surface area contributed by atoms with E-state index in [1.165, 1.54) is 225 Å². The Labute approximate surface area is 364 Å². The summed E-state index contributed by atoms with van der Waals surface area (Å²) in [6, 6.07) is 0. The lowest BCUT2D eigenvalue weighted by Crippen LogP contribution is -2.13. The number of carbonyl (C=O) groups is 2. The topological polar surface area (TPSA) is 63.6 Å². The number of carbonyl (C=O) groups excluding carboxylic acids is 1. The summed E-state index contributed by atoms with van der Waals surface area (Å²) >= 11 is 0. The van der Waals surface area contributed by atoms with E-state index in [-0.39, 0.29) is 11.9 Å². The number of rotatable bonds is 46. The van der Waals surface area contributed by atoms with Crippen LogP contribution in [0.2, 0.25) is 0 Å². The van der Waals surface area contributed by atoms with Crippen LogP contribution in [0.25, 0.3) is 0 Å². The molecule has 0 aliphatic rings. The molecule has 4 nitrogen and oxygen atoms in total. The predicted molar refractivity (Wildman–Crippen MR) is 257 cm³/mol. The van der Waals surface area contributed by atoms with Crippen molar-refractivity contribution >= 4 is 11.9 Å². The first-order chi connectivity index (χ1) is 28.5. The fourth-order valence-electron chi connectivity index (χ4n) is 7.68.